The Morgan fingerprint density at radius 1 is 1.10 bits per heavy atom. The molecular weight excluding hydrogens is 364 g/mol. The summed E-state index contributed by atoms with van der Waals surface area (Å²) >= 11 is 0. The number of ether oxygens (including phenoxy) is 1. The minimum absolute atomic E-state index is 0.0152. The lowest BCUT2D eigenvalue weighted by Gasteiger charge is -2.27. The molecule has 2 aliphatic rings. The van der Waals surface area contributed by atoms with E-state index < -0.39 is 0 Å². The molecule has 1 aromatic carbocycles. The number of hydrogen-bond acceptors (Lipinski definition) is 4. The van der Waals surface area contributed by atoms with Crippen molar-refractivity contribution in [3.05, 3.63) is 35.4 Å². The average molecular weight is 403 g/mol. The molecule has 0 bridgehead atoms. The van der Waals surface area contributed by atoms with Crippen LogP contribution in [0.3, 0.4) is 0 Å². The average Bonchev–Trinajstić information content (AvgIpc) is 3.05. The fourth-order valence-electron chi connectivity index (χ4n) is 4.30. The van der Waals surface area contributed by atoms with Gasteiger partial charge in [0.15, 0.2) is 5.96 Å². The van der Waals surface area contributed by atoms with E-state index in [0.29, 0.717) is 6.61 Å². The Morgan fingerprint density at radius 2 is 1.83 bits per heavy atom. The summed E-state index contributed by atoms with van der Waals surface area (Å²) in [6.45, 7) is 6.71. The van der Waals surface area contributed by atoms with Crippen LogP contribution < -0.4 is 10.6 Å². The minimum Gasteiger partial charge on any atom is -0.396 e. The lowest BCUT2D eigenvalue weighted by molar-refractivity contribution is 0.127. The Morgan fingerprint density at radius 3 is 2.45 bits per heavy atom. The van der Waals surface area contributed by atoms with Gasteiger partial charge in [-0.1, -0.05) is 37.1 Å². The third-order valence-electron chi connectivity index (χ3n) is 6.27. The third kappa shape index (κ3) is 6.98. The minimum atomic E-state index is 0.0152. The van der Waals surface area contributed by atoms with Crippen molar-refractivity contribution >= 4 is 5.96 Å². The number of aliphatic hydroxyl groups is 1. The van der Waals surface area contributed by atoms with E-state index in [2.05, 4.69) is 44.8 Å². The van der Waals surface area contributed by atoms with Gasteiger partial charge in [-0.3, -0.25) is 9.89 Å². The molecule has 3 N–H and O–H groups in total. The molecule has 3 rings (SSSR count). The van der Waals surface area contributed by atoms with Gasteiger partial charge in [-0.05, 0) is 49.9 Å². The molecule has 0 aliphatic carbocycles. The molecule has 2 saturated heterocycles. The molecule has 0 spiro atoms. The van der Waals surface area contributed by atoms with Crippen molar-refractivity contribution in [1.29, 1.82) is 0 Å². The highest BCUT2D eigenvalue weighted by Gasteiger charge is 2.34. The monoisotopic (exact) mass is 402 g/mol. The number of aliphatic imine (C=N–C) groups is 1. The van der Waals surface area contributed by atoms with E-state index in [-0.39, 0.29) is 12.0 Å². The number of nitrogens with zero attached hydrogens (tertiary/aromatic N) is 2. The number of hydrogen-bond donors (Lipinski definition) is 3. The van der Waals surface area contributed by atoms with Crippen LogP contribution in [0.5, 0.6) is 0 Å². The van der Waals surface area contributed by atoms with Gasteiger partial charge >= 0.3 is 0 Å². The van der Waals surface area contributed by atoms with Crippen molar-refractivity contribution < 1.29 is 9.84 Å². The number of rotatable bonds is 8. The number of likely N-dealkylation sites (tertiary alicyclic amines) is 1. The number of guanidine groups is 1. The maximum Gasteiger partial charge on any atom is 0.191 e. The van der Waals surface area contributed by atoms with Crippen LogP contribution in [0.4, 0.5) is 0 Å². The Balaban J connectivity index is 1.44. The van der Waals surface area contributed by atoms with Crippen molar-refractivity contribution in [2.24, 2.45) is 10.4 Å². The lowest BCUT2D eigenvalue weighted by atomic mass is 9.84. The third-order valence-corrected chi connectivity index (χ3v) is 6.27. The topological polar surface area (TPSA) is 69.1 Å². The van der Waals surface area contributed by atoms with Crippen molar-refractivity contribution in [3.63, 3.8) is 0 Å². The quantitative estimate of drug-likeness (QED) is 0.460. The first-order valence-electron chi connectivity index (χ1n) is 11.2. The predicted molar refractivity (Wildman–Crippen MR) is 118 cm³/mol. The van der Waals surface area contributed by atoms with Gasteiger partial charge < -0.3 is 20.5 Å². The van der Waals surface area contributed by atoms with E-state index in [9.17, 15) is 5.11 Å². The van der Waals surface area contributed by atoms with Crippen LogP contribution in [-0.4, -0.2) is 62.5 Å². The molecule has 1 aromatic rings. The van der Waals surface area contributed by atoms with Crippen molar-refractivity contribution in [2.75, 3.05) is 46.5 Å². The number of benzene rings is 1. The highest BCUT2D eigenvalue weighted by atomic mass is 16.5. The molecule has 6 nitrogen and oxygen atoms in total. The van der Waals surface area contributed by atoms with Crippen LogP contribution in [-0.2, 0) is 17.8 Å². The molecule has 2 fully saturated rings. The van der Waals surface area contributed by atoms with E-state index in [1.807, 2.05) is 0 Å². The second-order valence-electron chi connectivity index (χ2n) is 8.56. The van der Waals surface area contributed by atoms with E-state index >= 15 is 0 Å². The largest absolute Gasteiger partial charge is 0.396 e. The standard InChI is InChI=1S/C23H38N4O2/c1-24-22(26-18-23(10-14-28)11-15-29-19-23)25-16-20-6-8-21(9-7-20)17-27-12-4-2-3-5-13-27/h6-9,28H,2-5,10-19H2,1H3,(H2,24,25,26). The van der Waals surface area contributed by atoms with Gasteiger partial charge in [0.1, 0.15) is 0 Å². The first kappa shape index (κ1) is 22.1. The molecule has 1 atom stereocenters. The zero-order valence-corrected chi connectivity index (χ0v) is 18.0. The summed E-state index contributed by atoms with van der Waals surface area (Å²) in [6, 6.07) is 8.94. The van der Waals surface area contributed by atoms with Crippen LogP contribution in [0.1, 0.15) is 49.7 Å². The second kappa shape index (κ2) is 11.5. The molecule has 162 valence electrons. The van der Waals surface area contributed by atoms with Gasteiger partial charge in [0, 0.05) is 45.3 Å². The molecule has 1 unspecified atom stereocenters. The molecule has 6 heteroatoms. The summed E-state index contributed by atoms with van der Waals surface area (Å²) < 4.78 is 5.57. The second-order valence-corrected chi connectivity index (χ2v) is 8.56. The SMILES string of the molecule is CN=C(NCc1ccc(CN2CCCCCC2)cc1)NCC1(CCO)CCOC1. The highest BCUT2D eigenvalue weighted by molar-refractivity contribution is 5.79. The maximum atomic E-state index is 9.37. The van der Waals surface area contributed by atoms with Crippen LogP contribution in [0.2, 0.25) is 0 Å². The van der Waals surface area contributed by atoms with Gasteiger partial charge in [0.2, 0.25) is 0 Å². The fraction of sp³-hybridized carbons (Fsp3) is 0.696. The summed E-state index contributed by atoms with van der Waals surface area (Å²) in [5.74, 6) is 0.794. The molecular formula is C23H38N4O2. The highest BCUT2D eigenvalue weighted by Crippen LogP contribution is 2.31. The summed E-state index contributed by atoms with van der Waals surface area (Å²) in [6.07, 6.45) is 7.17. The van der Waals surface area contributed by atoms with Crippen LogP contribution in [0.25, 0.3) is 0 Å². The number of nitrogens with one attached hydrogen (secondary N) is 2. The first-order valence-corrected chi connectivity index (χ1v) is 11.2. The Kier molecular flexibility index (Phi) is 8.77. The molecule has 0 saturated carbocycles. The molecule has 0 aromatic heterocycles. The Bertz CT molecular complexity index is 618. The van der Waals surface area contributed by atoms with Gasteiger partial charge in [-0.2, -0.15) is 0 Å². The van der Waals surface area contributed by atoms with E-state index in [1.165, 1.54) is 49.9 Å². The zero-order chi connectivity index (χ0) is 20.4. The van der Waals surface area contributed by atoms with Crippen LogP contribution in [0, 0.1) is 5.41 Å². The molecule has 0 amide bonds. The van der Waals surface area contributed by atoms with Gasteiger partial charge in [0.05, 0.1) is 6.61 Å². The molecule has 2 heterocycles. The normalized spacial score (nSPS) is 23.7. The maximum absolute atomic E-state index is 9.37. The summed E-state index contributed by atoms with van der Waals surface area (Å²) in [7, 11) is 1.80. The summed E-state index contributed by atoms with van der Waals surface area (Å²) in [4.78, 5) is 6.93. The summed E-state index contributed by atoms with van der Waals surface area (Å²) in [5.41, 5.74) is 2.66. The van der Waals surface area contributed by atoms with E-state index in [1.54, 1.807) is 7.05 Å². The van der Waals surface area contributed by atoms with Crippen LogP contribution >= 0.6 is 0 Å². The van der Waals surface area contributed by atoms with E-state index in [4.69, 9.17) is 4.74 Å². The van der Waals surface area contributed by atoms with E-state index in [0.717, 1.165) is 45.0 Å². The fourth-order valence-corrected chi connectivity index (χ4v) is 4.30. The van der Waals surface area contributed by atoms with Gasteiger partial charge in [-0.15, -0.1) is 0 Å². The predicted octanol–water partition coefficient (Wildman–Crippen LogP) is 2.52. The molecule has 0 radical (unpaired) electrons. The Hall–Kier alpha value is -1.63. The summed E-state index contributed by atoms with van der Waals surface area (Å²) in [5, 5.41) is 16.2. The lowest BCUT2D eigenvalue weighted by Crippen LogP contribution is -2.44. The Labute approximate surface area is 175 Å². The van der Waals surface area contributed by atoms with Gasteiger partial charge in [-0.25, -0.2) is 0 Å². The van der Waals surface area contributed by atoms with Crippen LogP contribution in [0.15, 0.2) is 29.3 Å². The smallest absolute Gasteiger partial charge is 0.191 e. The van der Waals surface area contributed by atoms with Crippen molar-refractivity contribution in [2.45, 2.75) is 51.6 Å². The first-order chi connectivity index (χ1) is 14.2. The number of aliphatic hydroxyl groups excluding tert-OH is 1. The molecule has 2 aliphatic heterocycles. The zero-order valence-electron chi connectivity index (χ0n) is 18.0. The van der Waals surface area contributed by atoms with Crippen molar-refractivity contribution in [1.82, 2.24) is 15.5 Å². The van der Waals surface area contributed by atoms with Gasteiger partial charge in [0.25, 0.3) is 0 Å². The molecule has 29 heavy (non-hydrogen) atoms. The van der Waals surface area contributed by atoms with Crippen molar-refractivity contribution in [3.8, 4) is 0 Å².